The van der Waals surface area contributed by atoms with E-state index in [1.807, 2.05) is 0 Å². The molecule has 0 amide bonds. The second-order valence-electron chi connectivity index (χ2n) is 4.50. The maximum Gasteiger partial charge on any atom is 0.322 e. The molecule has 7 nitrogen and oxygen atoms in total. The Labute approximate surface area is 113 Å². The van der Waals surface area contributed by atoms with E-state index in [1.165, 1.54) is 4.31 Å². The molecule has 3 atom stereocenters. The van der Waals surface area contributed by atoms with E-state index in [0.29, 0.717) is 0 Å². The third-order valence-corrected chi connectivity index (χ3v) is 4.20. The monoisotopic (exact) mass is 290 g/mol. The highest BCUT2D eigenvalue weighted by molar-refractivity contribution is 7.87. The van der Waals surface area contributed by atoms with E-state index in [-0.39, 0.29) is 31.7 Å². The molecular weight excluding hydrogens is 272 g/mol. The van der Waals surface area contributed by atoms with E-state index in [2.05, 4.69) is 10.6 Å². The van der Waals surface area contributed by atoms with Gasteiger partial charge in [0.1, 0.15) is 6.04 Å². The topological polar surface area (TPSA) is 95.9 Å². The predicted molar refractivity (Wildman–Crippen MR) is 68.5 cm³/mol. The number of terminal acetylenes is 1. The third-order valence-electron chi connectivity index (χ3n) is 2.64. The van der Waals surface area contributed by atoms with Crippen LogP contribution in [0.15, 0.2) is 0 Å². The van der Waals surface area contributed by atoms with Crippen LogP contribution in [-0.2, 0) is 19.7 Å². The molecule has 0 bridgehead atoms. The van der Waals surface area contributed by atoms with Crippen molar-refractivity contribution in [1.82, 2.24) is 9.03 Å². The normalized spacial score (nSPS) is 26.6. The largest absolute Gasteiger partial charge is 0.480 e. The summed E-state index contributed by atoms with van der Waals surface area (Å²) < 4.78 is 32.9. The lowest BCUT2D eigenvalue weighted by molar-refractivity contribution is -0.138. The minimum absolute atomic E-state index is 0.183. The van der Waals surface area contributed by atoms with Crippen LogP contribution in [0.5, 0.6) is 0 Å². The highest BCUT2D eigenvalue weighted by Crippen LogP contribution is 2.14. The smallest absolute Gasteiger partial charge is 0.322 e. The number of rotatable bonds is 5. The van der Waals surface area contributed by atoms with Crippen LogP contribution in [0.1, 0.15) is 20.3 Å². The second-order valence-corrected chi connectivity index (χ2v) is 6.20. The van der Waals surface area contributed by atoms with E-state index in [0.717, 1.165) is 0 Å². The van der Waals surface area contributed by atoms with Crippen LogP contribution >= 0.6 is 0 Å². The summed E-state index contributed by atoms with van der Waals surface area (Å²) >= 11 is 0. The van der Waals surface area contributed by atoms with Crippen LogP contribution in [-0.4, -0.2) is 55.1 Å². The summed E-state index contributed by atoms with van der Waals surface area (Å²) in [5.74, 6) is 0.846. The first kappa shape index (κ1) is 15.9. The number of hydrogen-bond donors (Lipinski definition) is 2. The Bertz CT molecular complexity index is 460. The minimum Gasteiger partial charge on any atom is -0.480 e. The van der Waals surface area contributed by atoms with Gasteiger partial charge in [-0.05, 0) is 13.8 Å². The average Bonchev–Trinajstić information content (AvgIpc) is 2.26. The molecule has 1 aliphatic heterocycles. The van der Waals surface area contributed by atoms with Crippen molar-refractivity contribution in [2.45, 2.75) is 38.5 Å². The number of carbonyl (C=O) groups is 1. The zero-order valence-corrected chi connectivity index (χ0v) is 11.7. The lowest BCUT2D eigenvalue weighted by atomic mass is 10.2. The number of hydrogen-bond acceptors (Lipinski definition) is 4. The van der Waals surface area contributed by atoms with Crippen LogP contribution in [0.3, 0.4) is 0 Å². The molecule has 3 unspecified atom stereocenters. The fraction of sp³-hybridized carbons (Fsp3) is 0.727. The lowest BCUT2D eigenvalue weighted by Gasteiger charge is -2.34. The molecule has 0 saturated carbocycles. The van der Waals surface area contributed by atoms with Gasteiger partial charge in [-0.15, -0.1) is 12.3 Å². The van der Waals surface area contributed by atoms with Gasteiger partial charge in [-0.3, -0.25) is 4.79 Å². The first-order valence-corrected chi connectivity index (χ1v) is 7.29. The van der Waals surface area contributed by atoms with Crippen molar-refractivity contribution < 1.29 is 23.1 Å². The Morgan fingerprint density at radius 3 is 2.47 bits per heavy atom. The standard InChI is InChI=1S/C11H18N2O5S/c1-4-5-10(11(14)15)12-19(16,17)13-6-8(2)18-9(3)7-13/h1,8-10,12H,5-7H2,2-3H3,(H,14,15). The molecule has 0 aromatic heterocycles. The quantitative estimate of drug-likeness (QED) is 0.660. The van der Waals surface area contributed by atoms with Crippen LogP contribution in [0.2, 0.25) is 0 Å². The van der Waals surface area contributed by atoms with Crippen molar-refractivity contribution in [3.8, 4) is 12.3 Å². The number of carboxylic acids is 1. The summed E-state index contributed by atoms with van der Waals surface area (Å²) in [5, 5.41) is 8.90. The summed E-state index contributed by atoms with van der Waals surface area (Å²) in [4.78, 5) is 10.9. The van der Waals surface area contributed by atoms with E-state index >= 15 is 0 Å². The van der Waals surface area contributed by atoms with Crippen molar-refractivity contribution in [2.75, 3.05) is 13.1 Å². The molecule has 0 aliphatic carbocycles. The number of morpholine rings is 1. The van der Waals surface area contributed by atoms with Gasteiger partial charge in [-0.25, -0.2) is 0 Å². The summed E-state index contributed by atoms with van der Waals surface area (Å²) in [6.45, 7) is 3.88. The molecule has 19 heavy (non-hydrogen) atoms. The highest BCUT2D eigenvalue weighted by Gasteiger charge is 2.33. The van der Waals surface area contributed by atoms with E-state index in [4.69, 9.17) is 16.3 Å². The Morgan fingerprint density at radius 1 is 1.53 bits per heavy atom. The Hall–Kier alpha value is -1.14. The number of nitrogens with one attached hydrogen (secondary N) is 1. The van der Waals surface area contributed by atoms with Gasteiger partial charge in [-0.1, -0.05) is 0 Å². The molecule has 1 heterocycles. The first-order valence-electron chi connectivity index (χ1n) is 5.85. The zero-order valence-electron chi connectivity index (χ0n) is 10.9. The fourth-order valence-corrected chi connectivity index (χ4v) is 3.38. The van der Waals surface area contributed by atoms with E-state index < -0.39 is 22.2 Å². The fourth-order valence-electron chi connectivity index (χ4n) is 1.88. The van der Waals surface area contributed by atoms with Gasteiger partial charge < -0.3 is 9.84 Å². The molecule has 0 spiro atoms. The second kappa shape index (κ2) is 6.34. The number of carboxylic acid groups (broad SMARTS) is 1. The lowest BCUT2D eigenvalue weighted by Crippen LogP contribution is -2.54. The Balaban J connectivity index is 2.80. The van der Waals surface area contributed by atoms with Gasteiger partial charge >= 0.3 is 5.97 Å². The summed E-state index contributed by atoms with van der Waals surface area (Å²) in [7, 11) is -3.89. The van der Waals surface area contributed by atoms with Crippen molar-refractivity contribution in [3.63, 3.8) is 0 Å². The first-order chi connectivity index (χ1) is 8.76. The molecule has 108 valence electrons. The molecule has 1 rings (SSSR count). The molecule has 1 aliphatic rings. The van der Waals surface area contributed by atoms with Crippen molar-refractivity contribution in [1.29, 1.82) is 0 Å². The van der Waals surface area contributed by atoms with Gasteiger partial charge in [-0.2, -0.15) is 17.4 Å². The number of ether oxygens (including phenoxy) is 1. The SMILES string of the molecule is C#CCC(NS(=O)(=O)N1CC(C)OC(C)C1)C(=O)O. The maximum absolute atomic E-state index is 12.1. The number of aliphatic carboxylic acids is 1. The van der Waals surface area contributed by atoms with Gasteiger partial charge in [0, 0.05) is 19.5 Å². The predicted octanol–water partition coefficient (Wildman–Crippen LogP) is -0.593. The van der Waals surface area contributed by atoms with Crippen LogP contribution in [0.25, 0.3) is 0 Å². The van der Waals surface area contributed by atoms with Gasteiger partial charge in [0.05, 0.1) is 12.2 Å². The van der Waals surface area contributed by atoms with Gasteiger partial charge in [0.15, 0.2) is 0 Å². The summed E-state index contributed by atoms with van der Waals surface area (Å²) in [5.41, 5.74) is 0. The van der Waals surface area contributed by atoms with Crippen LogP contribution < -0.4 is 4.72 Å². The highest BCUT2D eigenvalue weighted by atomic mass is 32.2. The molecule has 0 radical (unpaired) electrons. The van der Waals surface area contributed by atoms with E-state index in [9.17, 15) is 13.2 Å². The molecule has 0 aromatic carbocycles. The van der Waals surface area contributed by atoms with E-state index in [1.54, 1.807) is 13.8 Å². The van der Waals surface area contributed by atoms with Crippen LogP contribution in [0, 0.1) is 12.3 Å². The van der Waals surface area contributed by atoms with Crippen molar-refractivity contribution in [3.05, 3.63) is 0 Å². The maximum atomic E-state index is 12.1. The molecule has 1 fully saturated rings. The van der Waals surface area contributed by atoms with Gasteiger partial charge in [0.25, 0.3) is 10.2 Å². The molecule has 0 aromatic rings. The molecule has 8 heteroatoms. The Kier molecular flexibility index (Phi) is 5.31. The third kappa shape index (κ3) is 4.47. The van der Waals surface area contributed by atoms with Gasteiger partial charge in [0.2, 0.25) is 0 Å². The zero-order chi connectivity index (χ0) is 14.6. The average molecular weight is 290 g/mol. The summed E-state index contributed by atoms with van der Waals surface area (Å²) in [6.07, 6.45) is 4.34. The molecule has 1 saturated heterocycles. The summed E-state index contributed by atoms with van der Waals surface area (Å²) in [6, 6.07) is -1.32. The molecular formula is C11H18N2O5S. The Morgan fingerprint density at radius 2 is 2.05 bits per heavy atom. The van der Waals surface area contributed by atoms with Crippen molar-refractivity contribution >= 4 is 16.2 Å². The molecule has 2 N–H and O–H groups in total. The number of nitrogens with zero attached hydrogens (tertiary/aromatic N) is 1. The van der Waals surface area contributed by atoms with Crippen LogP contribution in [0.4, 0.5) is 0 Å². The minimum atomic E-state index is -3.89. The van der Waals surface area contributed by atoms with Crippen molar-refractivity contribution in [2.24, 2.45) is 0 Å².